The number of likely N-dealkylation sites (N-methyl/N-ethyl adjacent to an activating group) is 1. The Bertz CT molecular complexity index is 587. The van der Waals surface area contributed by atoms with Gasteiger partial charge >= 0.3 is 6.09 Å². The van der Waals surface area contributed by atoms with E-state index < -0.39 is 16.6 Å². The largest absolute Gasteiger partial charge is 0.444 e. The highest BCUT2D eigenvalue weighted by Crippen LogP contribution is 2.27. The van der Waals surface area contributed by atoms with Crippen molar-refractivity contribution in [3.8, 4) is 0 Å². The molecule has 1 aromatic carbocycles. The molecular formula is C16H25N3O4S. The number of hydrogen-bond donors (Lipinski definition) is 1. The highest BCUT2D eigenvalue weighted by molar-refractivity contribution is 7.97. The van der Waals surface area contributed by atoms with Crippen LogP contribution in [0.5, 0.6) is 0 Å². The summed E-state index contributed by atoms with van der Waals surface area (Å²) in [6, 6.07) is 4.84. The van der Waals surface area contributed by atoms with E-state index >= 15 is 0 Å². The van der Waals surface area contributed by atoms with Gasteiger partial charge < -0.3 is 15.0 Å². The number of anilines is 1. The van der Waals surface area contributed by atoms with E-state index in [1.54, 1.807) is 23.9 Å². The van der Waals surface area contributed by atoms with Crippen molar-refractivity contribution in [2.45, 2.75) is 32.1 Å². The maximum absolute atomic E-state index is 11.6. The van der Waals surface area contributed by atoms with Crippen LogP contribution in [0.2, 0.25) is 0 Å². The fraction of sp³-hybridized carbons (Fsp3) is 0.562. The topological polar surface area (TPSA) is 84.7 Å². The molecule has 134 valence electrons. The standard InChI is InChI=1S/C16H25N3O4S/c1-16(2,3)23-15(20)17-8-9-18(4)14-7-6-13(19(21)22)10-12(14)11-24-5/h6-7,10H,8-9,11H2,1-5H3,(H,17,20). The number of nitrogens with zero attached hydrogens (tertiary/aromatic N) is 2. The van der Waals surface area contributed by atoms with Crippen LogP contribution < -0.4 is 10.2 Å². The van der Waals surface area contributed by atoms with Gasteiger partial charge in [-0.2, -0.15) is 11.8 Å². The van der Waals surface area contributed by atoms with Crippen LogP contribution in [-0.2, 0) is 10.5 Å². The number of amides is 1. The van der Waals surface area contributed by atoms with Crippen molar-refractivity contribution in [1.29, 1.82) is 0 Å². The first-order valence-electron chi connectivity index (χ1n) is 7.58. The van der Waals surface area contributed by atoms with E-state index in [0.29, 0.717) is 18.8 Å². The van der Waals surface area contributed by atoms with Gasteiger partial charge in [-0.1, -0.05) is 0 Å². The summed E-state index contributed by atoms with van der Waals surface area (Å²) in [5.74, 6) is 0.681. The van der Waals surface area contributed by atoms with Crippen LogP contribution in [0, 0.1) is 10.1 Å². The molecule has 0 aliphatic carbocycles. The number of alkyl carbamates (subject to hydrolysis) is 1. The summed E-state index contributed by atoms with van der Waals surface area (Å²) >= 11 is 1.60. The second kappa shape index (κ2) is 8.77. The molecule has 0 bridgehead atoms. The van der Waals surface area contributed by atoms with E-state index in [9.17, 15) is 14.9 Å². The number of nitrogens with one attached hydrogen (secondary N) is 1. The molecule has 7 nitrogen and oxygen atoms in total. The van der Waals surface area contributed by atoms with Crippen molar-refractivity contribution in [3.63, 3.8) is 0 Å². The molecule has 1 N–H and O–H groups in total. The van der Waals surface area contributed by atoms with E-state index in [1.807, 2.05) is 39.0 Å². The maximum Gasteiger partial charge on any atom is 0.407 e. The Morgan fingerprint density at radius 2 is 2.08 bits per heavy atom. The number of thioether (sulfide) groups is 1. The number of benzene rings is 1. The van der Waals surface area contributed by atoms with E-state index in [0.717, 1.165) is 11.3 Å². The molecule has 0 unspecified atom stereocenters. The fourth-order valence-corrected chi connectivity index (χ4v) is 2.63. The minimum atomic E-state index is -0.528. The molecular weight excluding hydrogens is 330 g/mol. The second-order valence-electron chi connectivity index (χ2n) is 6.35. The van der Waals surface area contributed by atoms with Gasteiger partial charge in [0.1, 0.15) is 5.60 Å². The van der Waals surface area contributed by atoms with Crippen molar-refractivity contribution in [2.24, 2.45) is 0 Å². The fourth-order valence-electron chi connectivity index (χ4n) is 2.09. The molecule has 0 aromatic heterocycles. The van der Waals surface area contributed by atoms with Crippen molar-refractivity contribution < 1.29 is 14.5 Å². The van der Waals surface area contributed by atoms with Gasteiger partial charge in [-0.05, 0) is 38.7 Å². The van der Waals surface area contributed by atoms with Gasteiger partial charge in [0.2, 0.25) is 0 Å². The average molecular weight is 355 g/mol. The van der Waals surface area contributed by atoms with Crippen LogP contribution in [0.15, 0.2) is 18.2 Å². The lowest BCUT2D eigenvalue weighted by atomic mass is 10.1. The molecule has 1 amide bonds. The minimum Gasteiger partial charge on any atom is -0.444 e. The molecule has 0 aliphatic heterocycles. The summed E-state index contributed by atoms with van der Waals surface area (Å²) in [5, 5.41) is 13.6. The molecule has 0 atom stereocenters. The lowest BCUT2D eigenvalue weighted by Crippen LogP contribution is -2.37. The Kier molecular flexibility index (Phi) is 7.34. The maximum atomic E-state index is 11.6. The molecule has 1 aromatic rings. The first-order chi connectivity index (χ1) is 11.1. The predicted octanol–water partition coefficient (Wildman–Crippen LogP) is 3.42. The minimum absolute atomic E-state index is 0.0862. The highest BCUT2D eigenvalue weighted by Gasteiger charge is 2.16. The van der Waals surface area contributed by atoms with Gasteiger partial charge in [-0.25, -0.2) is 4.79 Å². The van der Waals surface area contributed by atoms with E-state index in [4.69, 9.17) is 4.74 Å². The number of rotatable bonds is 7. The molecule has 0 aliphatic rings. The van der Waals surface area contributed by atoms with Crippen LogP contribution in [0.3, 0.4) is 0 Å². The zero-order valence-electron chi connectivity index (χ0n) is 14.8. The molecule has 0 spiro atoms. The SMILES string of the molecule is CSCc1cc([N+](=O)[O-])ccc1N(C)CCNC(=O)OC(C)(C)C. The van der Waals surface area contributed by atoms with Crippen LogP contribution >= 0.6 is 11.8 Å². The summed E-state index contributed by atoms with van der Waals surface area (Å²) in [5.41, 5.74) is 1.38. The Balaban J connectivity index is 2.68. The van der Waals surface area contributed by atoms with Gasteiger partial charge in [-0.15, -0.1) is 0 Å². The average Bonchev–Trinajstić information content (AvgIpc) is 2.45. The molecule has 0 radical (unpaired) electrons. The zero-order chi connectivity index (χ0) is 18.3. The van der Waals surface area contributed by atoms with Crippen LogP contribution in [-0.4, -0.2) is 43.0 Å². The second-order valence-corrected chi connectivity index (χ2v) is 7.22. The van der Waals surface area contributed by atoms with Crippen molar-refractivity contribution in [1.82, 2.24) is 5.32 Å². The Morgan fingerprint density at radius 1 is 1.42 bits per heavy atom. The van der Waals surface area contributed by atoms with Gasteiger partial charge in [-0.3, -0.25) is 10.1 Å². The smallest absolute Gasteiger partial charge is 0.407 e. The van der Waals surface area contributed by atoms with Gasteiger partial charge in [0.05, 0.1) is 4.92 Å². The first-order valence-corrected chi connectivity index (χ1v) is 8.97. The number of hydrogen-bond acceptors (Lipinski definition) is 6. The van der Waals surface area contributed by atoms with E-state index in [-0.39, 0.29) is 5.69 Å². The quantitative estimate of drug-likeness (QED) is 0.596. The summed E-state index contributed by atoms with van der Waals surface area (Å²) in [6.45, 7) is 6.42. The summed E-state index contributed by atoms with van der Waals surface area (Å²) in [7, 11) is 1.89. The zero-order valence-corrected chi connectivity index (χ0v) is 15.6. The third-order valence-electron chi connectivity index (χ3n) is 3.10. The van der Waals surface area contributed by atoms with Gasteiger partial charge in [0.25, 0.3) is 5.69 Å². The number of nitro benzene ring substituents is 1. The summed E-state index contributed by atoms with van der Waals surface area (Å²) in [6.07, 6.45) is 1.50. The third-order valence-corrected chi connectivity index (χ3v) is 3.70. The van der Waals surface area contributed by atoms with E-state index in [2.05, 4.69) is 5.32 Å². The van der Waals surface area contributed by atoms with Crippen LogP contribution in [0.25, 0.3) is 0 Å². The normalized spacial score (nSPS) is 11.0. The molecule has 0 saturated carbocycles. The molecule has 0 saturated heterocycles. The lowest BCUT2D eigenvalue weighted by Gasteiger charge is -2.23. The number of ether oxygens (including phenoxy) is 1. The number of nitro groups is 1. The highest BCUT2D eigenvalue weighted by atomic mass is 32.2. The number of carbonyl (C=O) groups excluding carboxylic acids is 1. The van der Waals surface area contributed by atoms with Crippen molar-refractivity contribution in [2.75, 3.05) is 31.3 Å². The molecule has 1 rings (SSSR count). The predicted molar refractivity (Wildman–Crippen MR) is 97.8 cm³/mol. The third kappa shape index (κ3) is 6.66. The van der Waals surface area contributed by atoms with Gasteiger partial charge in [0.15, 0.2) is 0 Å². The van der Waals surface area contributed by atoms with Crippen molar-refractivity contribution in [3.05, 3.63) is 33.9 Å². The number of non-ortho nitro benzene ring substituents is 1. The lowest BCUT2D eigenvalue weighted by molar-refractivity contribution is -0.384. The molecule has 8 heteroatoms. The Hall–Kier alpha value is -1.96. The Morgan fingerprint density at radius 3 is 2.62 bits per heavy atom. The Labute approximate surface area is 146 Å². The summed E-state index contributed by atoms with van der Waals surface area (Å²) < 4.78 is 5.18. The molecule has 0 fully saturated rings. The molecule has 24 heavy (non-hydrogen) atoms. The van der Waals surface area contributed by atoms with E-state index in [1.165, 1.54) is 6.07 Å². The summed E-state index contributed by atoms with van der Waals surface area (Å²) in [4.78, 5) is 24.1. The van der Waals surface area contributed by atoms with Crippen molar-refractivity contribution >= 4 is 29.2 Å². The monoisotopic (exact) mass is 355 g/mol. The van der Waals surface area contributed by atoms with Crippen LogP contribution in [0.1, 0.15) is 26.3 Å². The molecule has 0 heterocycles. The van der Waals surface area contributed by atoms with Gasteiger partial charge in [0, 0.05) is 43.7 Å². The number of carbonyl (C=O) groups is 1. The van der Waals surface area contributed by atoms with Crippen LogP contribution in [0.4, 0.5) is 16.2 Å². The first kappa shape index (κ1) is 20.1.